The maximum absolute atomic E-state index is 12.9. The lowest BCUT2D eigenvalue weighted by Crippen LogP contribution is -2.27. The van der Waals surface area contributed by atoms with E-state index in [0.717, 1.165) is 37.0 Å². The van der Waals surface area contributed by atoms with Crippen molar-refractivity contribution in [2.75, 3.05) is 32.1 Å². The average molecular weight is 485 g/mol. The zero-order valence-electron chi connectivity index (χ0n) is 17.9. The highest BCUT2D eigenvalue weighted by atomic mass is 35.5. The molecule has 0 unspecified atom stereocenters. The van der Waals surface area contributed by atoms with Gasteiger partial charge in [-0.25, -0.2) is 15.0 Å². The molecule has 2 aromatic carbocycles. The molecule has 1 amide bonds. The Kier molecular flexibility index (Phi) is 6.05. The molecule has 4 aromatic rings. The van der Waals surface area contributed by atoms with Crippen molar-refractivity contribution in [3.63, 3.8) is 0 Å². The normalized spacial score (nSPS) is 14.8. The van der Waals surface area contributed by atoms with Crippen LogP contribution in [0.1, 0.15) is 35.1 Å². The number of hydrogen-bond donors (Lipinski definition) is 2. The number of nitrogens with zero attached hydrogens (tertiary/aromatic N) is 4. The van der Waals surface area contributed by atoms with Gasteiger partial charge in [0.05, 0.1) is 33.7 Å². The number of carbonyl (C=O) groups excluding carboxylic acids is 1. The predicted molar refractivity (Wildman–Crippen MR) is 129 cm³/mol. The standard InChI is InChI=1S/C23H22Cl2N6O2/c1-33-11-20(22-28-17-5-4-13(24)8-19(17)29-22)30-21-15-9-16(25)14(10-18(15)26-12-27-21)23(32)31-6-2-3-7-31/h4-5,8-10,12,20H,2-3,6-7,11H2,1H3,(H,28,29)(H,26,27,30)/t20-/m1/s1. The maximum atomic E-state index is 12.9. The summed E-state index contributed by atoms with van der Waals surface area (Å²) in [6, 6.07) is 8.65. The van der Waals surface area contributed by atoms with Gasteiger partial charge in [-0.05, 0) is 43.2 Å². The van der Waals surface area contributed by atoms with Crippen LogP contribution in [-0.2, 0) is 4.74 Å². The van der Waals surface area contributed by atoms with Gasteiger partial charge in [0.25, 0.3) is 5.91 Å². The number of nitrogens with one attached hydrogen (secondary N) is 2. The van der Waals surface area contributed by atoms with Crippen molar-refractivity contribution in [1.82, 2.24) is 24.8 Å². The molecule has 33 heavy (non-hydrogen) atoms. The summed E-state index contributed by atoms with van der Waals surface area (Å²) >= 11 is 12.7. The maximum Gasteiger partial charge on any atom is 0.255 e. The Hall–Kier alpha value is -2.94. The first-order chi connectivity index (χ1) is 16.0. The Morgan fingerprint density at radius 1 is 1.18 bits per heavy atom. The number of amides is 1. The molecular weight excluding hydrogens is 463 g/mol. The molecule has 1 aliphatic heterocycles. The molecule has 2 aromatic heterocycles. The van der Waals surface area contributed by atoms with E-state index in [9.17, 15) is 4.79 Å². The molecule has 1 aliphatic rings. The first-order valence-electron chi connectivity index (χ1n) is 10.7. The number of ether oxygens (including phenoxy) is 1. The second-order valence-electron chi connectivity index (χ2n) is 8.01. The third kappa shape index (κ3) is 4.34. The van der Waals surface area contributed by atoms with E-state index in [1.54, 1.807) is 25.3 Å². The molecule has 10 heteroatoms. The lowest BCUT2D eigenvalue weighted by atomic mass is 10.1. The number of aromatic nitrogens is 4. The predicted octanol–water partition coefficient (Wildman–Crippen LogP) is 4.85. The first-order valence-corrected chi connectivity index (χ1v) is 11.4. The average Bonchev–Trinajstić information content (AvgIpc) is 3.48. The van der Waals surface area contributed by atoms with E-state index in [1.807, 2.05) is 17.0 Å². The summed E-state index contributed by atoms with van der Waals surface area (Å²) in [6.07, 6.45) is 3.50. The van der Waals surface area contributed by atoms with Crippen molar-refractivity contribution < 1.29 is 9.53 Å². The highest BCUT2D eigenvalue weighted by Gasteiger charge is 2.23. The van der Waals surface area contributed by atoms with Gasteiger partial charge in [-0.1, -0.05) is 23.2 Å². The molecule has 2 N–H and O–H groups in total. The summed E-state index contributed by atoms with van der Waals surface area (Å²) in [4.78, 5) is 31.5. The molecule has 0 spiro atoms. The zero-order valence-corrected chi connectivity index (χ0v) is 19.5. The Morgan fingerprint density at radius 2 is 2.00 bits per heavy atom. The molecule has 1 saturated heterocycles. The number of carbonyl (C=O) groups is 1. The van der Waals surface area contributed by atoms with Crippen LogP contribution in [0.2, 0.25) is 10.0 Å². The van der Waals surface area contributed by atoms with Gasteiger partial charge in [0, 0.05) is 30.6 Å². The van der Waals surface area contributed by atoms with E-state index >= 15 is 0 Å². The van der Waals surface area contributed by atoms with E-state index in [4.69, 9.17) is 27.9 Å². The zero-order chi connectivity index (χ0) is 22.9. The van der Waals surface area contributed by atoms with Gasteiger partial charge < -0.3 is 19.9 Å². The lowest BCUT2D eigenvalue weighted by molar-refractivity contribution is 0.0793. The largest absolute Gasteiger partial charge is 0.382 e. The Labute approximate surface area is 200 Å². The second kappa shape index (κ2) is 9.13. The number of methoxy groups -OCH3 is 1. The molecule has 170 valence electrons. The van der Waals surface area contributed by atoms with Crippen LogP contribution in [0.25, 0.3) is 21.9 Å². The number of benzene rings is 2. The van der Waals surface area contributed by atoms with Crippen molar-refractivity contribution in [2.45, 2.75) is 18.9 Å². The highest BCUT2D eigenvalue weighted by molar-refractivity contribution is 6.35. The van der Waals surface area contributed by atoms with Crippen molar-refractivity contribution in [3.8, 4) is 0 Å². The highest BCUT2D eigenvalue weighted by Crippen LogP contribution is 2.30. The fraction of sp³-hybridized carbons (Fsp3) is 0.304. The number of hydrogen-bond acceptors (Lipinski definition) is 6. The van der Waals surface area contributed by atoms with E-state index in [-0.39, 0.29) is 11.9 Å². The third-order valence-electron chi connectivity index (χ3n) is 5.78. The molecule has 1 atom stereocenters. The van der Waals surface area contributed by atoms with Crippen LogP contribution in [0.4, 0.5) is 5.82 Å². The molecule has 0 radical (unpaired) electrons. The fourth-order valence-electron chi connectivity index (χ4n) is 4.13. The SMILES string of the molecule is COC[C@@H](Nc1ncnc2cc(C(=O)N3CCCC3)c(Cl)cc12)c1nc2ccc(Cl)cc2[nH]1. The number of likely N-dealkylation sites (tertiary alicyclic amines) is 1. The Morgan fingerprint density at radius 3 is 2.79 bits per heavy atom. The van der Waals surface area contributed by atoms with Crippen molar-refractivity contribution in [3.05, 3.63) is 58.1 Å². The molecule has 0 bridgehead atoms. The number of aromatic amines is 1. The summed E-state index contributed by atoms with van der Waals surface area (Å²) in [6.45, 7) is 1.86. The minimum absolute atomic E-state index is 0.0642. The lowest BCUT2D eigenvalue weighted by Gasteiger charge is -2.19. The van der Waals surface area contributed by atoms with Gasteiger partial charge in [0.15, 0.2) is 0 Å². The molecule has 8 nitrogen and oxygen atoms in total. The van der Waals surface area contributed by atoms with Gasteiger partial charge in [-0.15, -0.1) is 0 Å². The van der Waals surface area contributed by atoms with Gasteiger partial charge >= 0.3 is 0 Å². The van der Waals surface area contributed by atoms with Crippen LogP contribution in [0, 0.1) is 0 Å². The van der Waals surface area contributed by atoms with E-state index in [2.05, 4.69) is 25.3 Å². The van der Waals surface area contributed by atoms with E-state index in [1.165, 1.54) is 6.33 Å². The van der Waals surface area contributed by atoms with E-state index in [0.29, 0.717) is 44.8 Å². The number of imidazole rings is 1. The smallest absolute Gasteiger partial charge is 0.255 e. The summed E-state index contributed by atoms with van der Waals surface area (Å²) in [5.41, 5.74) is 2.73. The molecule has 0 saturated carbocycles. The summed E-state index contributed by atoms with van der Waals surface area (Å²) in [5, 5.41) is 5.10. The molecule has 5 rings (SSSR count). The molecular formula is C23H22Cl2N6O2. The topological polar surface area (TPSA) is 96.0 Å². The summed E-state index contributed by atoms with van der Waals surface area (Å²) in [7, 11) is 1.62. The summed E-state index contributed by atoms with van der Waals surface area (Å²) < 4.78 is 5.43. The van der Waals surface area contributed by atoms with Crippen LogP contribution >= 0.6 is 23.2 Å². The van der Waals surface area contributed by atoms with Gasteiger partial charge in [-0.3, -0.25) is 4.79 Å². The molecule has 1 fully saturated rings. The van der Waals surface area contributed by atoms with Gasteiger partial charge in [-0.2, -0.15) is 0 Å². The minimum atomic E-state index is -0.316. The summed E-state index contributed by atoms with van der Waals surface area (Å²) in [5.74, 6) is 1.20. The van der Waals surface area contributed by atoms with Crippen LogP contribution in [0.3, 0.4) is 0 Å². The van der Waals surface area contributed by atoms with Crippen molar-refractivity contribution in [2.24, 2.45) is 0 Å². The van der Waals surface area contributed by atoms with Gasteiger partial charge in [0.1, 0.15) is 24.0 Å². The first kappa shape index (κ1) is 21.9. The number of halogens is 2. The monoisotopic (exact) mass is 484 g/mol. The van der Waals surface area contributed by atoms with Crippen LogP contribution < -0.4 is 5.32 Å². The number of anilines is 1. The molecule has 3 heterocycles. The van der Waals surface area contributed by atoms with Gasteiger partial charge in [0.2, 0.25) is 0 Å². The van der Waals surface area contributed by atoms with Crippen molar-refractivity contribution in [1.29, 1.82) is 0 Å². The van der Waals surface area contributed by atoms with E-state index < -0.39 is 0 Å². The second-order valence-corrected chi connectivity index (χ2v) is 8.85. The quantitative estimate of drug-likeness (QED) is 0.406. The fourth-order valence-corrected chi connectivity index (χ4v) is 4.55. The Bertz CT molecular complexity index is 1340. The van der Waals surface area contributed by atoms with Crippen molar-refractivity contribution >= 4 is 56.9 Å². The Balaban J connectivity index is 1.49. The number of H-pyrrole nitrogens is 1. The van der Waals surface area contributed by atoms with Crippen LogP contribution in [-0.4, -0.2) is 57.5 Å². The molecule has 0 aliphatic carbocycles. The van der Waals surface area contributed by atoms with Crippen LogP contribution in [0.15, 0.2) is 36.7 Å². The number of rotatable bonds is 6. The number of fused-ring (bicyclic) bond motifs is 2. The van der Waals surface area contributed by atoms with Crippen LogP contribution in [0.5, 0.6) is 0 Å². The minimum Gasteiger partial charge on any atom is -0.382 e. The third-order valence-corrected chi connectivity index (χ3v) is 6.33.